The molecule has 5 aromatic rings. The zero-order chi connectivity index (χ0) is 22.5. The van der Waals surface area contributed by atoms with E-state index in [1.165, 1.54) is 0 Å². The lowest BCUT2D eigenvalue weighted by Crippen LogP contribution is -1.97. The molecule has 4 heterocycles. The van der Waals surface area contributed by atoms with E-state index in [0.717, 1.165) is 50.4 Å². The molecule has 0 spiro atoms. The van der Waals surface area contributed by atoms with Gasteiger partial charge < -0.3 is 16.5 Å². The lowest BCUT2D eigenvalue weighted by Gasteiger charge is -2.09. The molecule has 0 aliphatic carbocycles. The summed E-state index contributed by atoms with van der Waals surface area (Å²) in [5, 5.41) is 1.04. The van der Waals surface area contributed by atoms with E-state index in [4.69, 9.17) is 11.5 Å². The fourth-order valence-electron chi connectivity index (χ4n) is 3.68. The van der Waals surface area contributed by atoms with Crippen molar-refractivity contribution in [2.24, 2.45) is 0 Å². The molecule has 156 valence electrons. The van der Waals surface area contributed by atoms with Crippen molar-refractivity contribution < 1.29 is 0 Å². The molecular formula is C26H22N6. The minimum Gasteiger partial charge on any atom is -0.398 e. The number of terminal acetylenes is 1. The molecule has 0 bridgehead atoms. The standard InChI is InChI=1S/C24H20N6.C2H2/c25-18-10-17(13-27-14-18)15-4-5-22(26)16(9-15)11-19-12-21-20(6-8-29-24(21)30-19)23-3-1-2-7-28-23;1-2/h1-10,12-14H,11,25-26H2,(H,29,30);1-2H. The van der Waals surface area contributed by atoms with Crippen molar-refractivity contribution in [1.82, 2.24) is 19.9 Å². The number of nitrogens with zero attached hydrogens (tertiary/aromatic N) is 3. The smallest absolute Gasteiger partial charge is 0.138 e. The topological polar surface area (TPSA) is 106 Å². The third kappa shape index (κ3) is 4.13. The Bertz CT molecular complexity index is 1390. The predicted octanol–water partition coefficient (Wildman–Crippen LogP) is 4.69. The number of nitrogens with two attached hydrogens (primary N) is 2. The normalized spacial score (nSPS) is 10.4. The minimum atomic E-state index is 0.634. The summed E-state index contributed by atoms with van der Waals surface area (Å²) in [6.45, 7) is 0. The van der Waals surface area contributed by atoms with Crippen LogP contribution in [-0.4, -0.2) is 19.9 Å². The molecule has 0 fully saturated rings. The third-order valence-electron chi connectivity index (χ3n) is 5.15. The number of anilines is 2. The number of benzene rings is 1. The van der Waals surface area contributed by atoms with Crippen LogP contribution in [0.3, 0.4) is 0 Å². The highest BCUT2D eigenvalue weighted by Crippen LogP contribution is 2.29. The Balaban J connectivity index is 0.00000119. The van der Waals surface area contributed by atoms with Crippen LogP contribution in [0.1, 0.15) is 11.3 Å². The lowest BCUT2D eigenvalue weighted by molar-refractivity contribution is 1.11. The second-order valence-corrected chi connectivity index (χ2v) is 7.23. The van der Waals surface area contributed by atoms with Crippen molar-refractivity contribution in [2.45, 2.75) is 6.42 Å². The number of nitrogens with one attached hydrogen (secondary N) is 1. The minimum absolute atomic E-state index is 0.634. The summed E-state index contributed by atoms with van der Waals surface area (Å²) >= 11 is 0. The van der Waals surface area contributed by atoms with Gasteiger partial charge in [-0.1, -0.05) is 12.1 Å². The maximum absolute atomic E-state index is 6.28. The first-order chi connectivity index (χ1) is 15.7. The van der Waals surface area contributed by atoms with E-state index in [1.807, 2.05) is 42.5 Å². The van der Waals surface area contributed by atoms with Gasteiger partial charge in [0.25, 0.3) is 0 Å². The maximum atomic E-state index is 6.28. The number of hydrogen-bond donors (Lipinski definition) is 3. The first-order valence-electron chi connectivity index (χ1n) is 9.98. The fraction of sp³-hybridized carbons (Fsp3) is 0.0385. The van der Waals surface area contributed by atoms with Crippen LogP contribution in [0.2, 0.25) is 0 Å². The molecule has 5 rings (SSSR count). The Morgan fingerprint density at radius 2 is 1.72 bits per heavy atom. The van der Waals surface area contributed by atoms with Gasteiger partial charge in [0.2, 0.25) is 0 Å². The largest absolute Gasteiger partial charge is 0.398 e. The van der Waals surface area contributed by atoms with Crippen molar-refractivity contribution >= 4 is 22.4 Å². The summed E-state index contributed by atoms with van der Waals surface area (Å²) < 4.78 is 0. The number of hydrogen-bond acceptors (Lipinski definition) is 5. The van der Waals surface area contributed by atoms with Gasteiger partial charge in [-0.05, 0) is 53.6 Å². The molecule has 0 amide bonds. The van der Waals surface area contributed by atoms with Gasteiger partial charge in [-0.15, -0.1) is 12.8 Å². The maximum Gasteiger partial charge on any atom is 0.138 e. The number of pyridine rings is 3. The van der Waals surface area contributed by atoms with Crippen LogP contribution in [0.25, 0.3) is 33.4 Å². The summed E-state index contributed by atoms with van der Waals surface area (Å²) in [5.41, 5.74) is 20.4. The molecule has 6 nitrogen and oxygen atoms in total. The zero-order valence-corrected chi connectivity index (χ0v) is 17.4. The quantitative estimate of drug-likeness (QED) is 0.290. The van der Waals surface area contributed by atoms with E-state index < -0.39 is 0 Å². The molecule has 6 heteroatoms. The first kappa shape index (κ1) is 20.6. The Morgan fingerprint density at radius 3 is 2.50 bits per heavy atom. The van der Waals surface area contributed by atoms with Crippen LogP contribution in [0.15, 0.2) is 79.4 Å². The van der Waals surface area contributed by atoms with Crippen molar-refractivity contribution in [3.8, 4) is 35.2 Å². The number of nitrogen functional groups attached to an aromatic ring is 2. The second-order valence-electron chi connectivity index (χ2n) is 7.23. The van der Waals surface area contributed by atoms with E-state index in [2.05, 4.69) is 44.9 Å². The van der Waals surface area contributed by atoms with Crippen LogP contribution in [-0.2, 0) is 6.42 Å². The summed E-state index contributed by atoms with van der Waals surface area (Å²) in [6, 6.07) is 17.9. The van der Waals surface area contributed by atoms with Crippen LogP contribution < -0.4 is 11.5 Å². The first-order valence-corrected chi connectivity index (χ1v) is 9.98. The zero-order valence-electron chi connectivity index (χ0n) is 17.4. The lowest BCUT2D eigenvalue weighted by atomic mass is 10.00. The Labute approximate surface area is 186 Å². The molecule has 0 radical (unpaired) electrons. The van der Waals surface area contributed by atoms with Crippen LogP contribution in [0, 0.1) is 12.8 Å². The molecule has 1 aromatic carbocycles. The fourth-order valence-corrected chi connectivity index (χ4v) is 3.68. The molecule has 5 N–H and O–H groups in total. The predicted molar refractivity (Wildman–Crippen MR) is 131 cm³/mol. The van der Waals surface area contributed by atoms with Crippen molar-refractivity contribution in [2.75, 3.05) is 11.5 Å². The Hall–Kier alpha value is -4.63. The van der Waals surface area contributed by atoms with Crippen molar-refractivity contribution in [3.05, 3.63) is 90.6 Å². The van der Waals surface area contributed by atoms with Crippen LogP contribution in [0.5, 0.6) is 0 Å². The number of aromatic nitrogens is 4. The summed E-state index contributed by atoms with van der Waals surface area (Å²) in [4.78, 5) is 16.6. The van der Waals surface area contributed by atoms with Gasteiger partial charge in [0.1, 0.15) is 5.65 Å². The molecular weight excluding hydrogens is 396 g/mol. The van der Waals surface area contributed by atoms with Gasteiger partial charge in [0, 0.05) is 59.1 Å². The van der Waals surface area contributed by atoms with Crippen molar-refractivity contribution in [1.29, 1.82) is 0 Å². The van der Waals surface area contributed by atoms with Gasteiger partial charge in [0.15, 0.2) is 0 Å². The van der Waals surface area contributed by atoms with Gasteiger partial charge in [0.05, 0.1) is 11.4 Å². The highest BCUT2D eigenvalue weighted by atomic mass is 14.9. The van der Waals surface area contributed by atoms with Gasteiger partial charge in [-0.25, -0.2) is 4.98 Å². The molecule has 0 aliphatic rings. The number of aromatic amines is 1. The molecule has 32 heavy (non-hydrogen) atoms. The van der Waals surface area contributed by atoms with Crippen molar-refractivity contribution in [3.63, 3.8) is 0 Å². The van der Waals surface area contributed by atoms with Gasteiger partial charge in [-0.2, -0.15) is 0 Å². The summed E-state index contributed by atoms with van der Waals surface area (Å²) in [5.74, 6) is 0. The molecule has 0 aliphatic heterocycles. The van der Waals surface area contributed by atoms with E-state index in [-0.39, 0.29) is 0 Å². The summed E-state index contributed by atoms with van der Waals surface area (Å²) in [6.07, 6.45) is 15.7. The Kier molecular flexibility index (Phi) is 5.82. The average Bonchev–Trinajstić information content (AvgIpc) is 3.25. The molecule has 0 saturated carbocycles. The molecule has 0 saturated heterocycles. The van der Waals surface area contributed by atoms with E-state index in [0.29, 0.717) is 12.1 Å². The number of rotatable bonds is 4. The second kappa shape index (κ2) is 9.02. The van der Waals surface area contributed by atoms with E-state index >= 15 is 0 Å². The van der Waals surface area contributed by atoms with E-state index in [1.54, 1.807) is 24.8 Å². The molecule has 0 unspecified atom stereocenters. The molecule has 0 atom stereocenters. The average molecular weight is 419 g/mol. The third-order valence-corrected chi connectivity index (χ3v) is 5.15. The SMILES string of the molecule is C#C.Nc1cncc(-c2ccc(N)c(Cc3cc4c(-c5ccccn5)ccnc4[nH]3)c2)c1. The van der Waals surface area contributed by atoms with Gasteiger partial charge >= 0.3 is 0 Å². The highest BCUT2D eigenvalue weighted by molar-refractivity contribution is 5.92. The van der Waals surface area contributed by atoms with Crippen LogP contribution >= 0.6 is 0 Å². The number of fused-ring (bicyclic) bond motifs is 1. The Morgan fingerprint density at radius 1 is 0.844 bits per heavy atom. The van der Waals surface area contributed by atoms with E-state index in [9.17, 15) is 0 Å². The highest BCUT2D eigenvalue weighted by Gasteiger charge is 2.11. The monoisotopic (exact) mass is 418 g/mol. The van der Waals surface area contributed by atoms with Gasteiger partial charge in [-0.3, -0.25) is 9.97 Å². The number of H-pyrrole nitrogens is 1. The molecule has 4 aromatic heterocycles. The summed E-state index contributed by atoms with van der Waals surface area (Å²) in [7, 11) is 0. The van der Waals surface area contributed by atoms with Crippen LogP contribution in [0.4, 0.5) is 11.4 Å².